The molecule has 0 aromatic carbocycles. The molecule has 5 N–H and O–H groups in total. The normalized spacial score (nSPS) is 10.7. The van der Waals surface area contributed by atoms with Crippen LogP contribution in [0.15, 0.2) is 12.1 Å². The number of ether oxygens (including phenoxy) is 1. The van der Waals surface area contributed by atoms with Crippen LogP contribution < -0.4 is 16.8 Å². The summed E-state index contributed by atoms with van der Waals surface area (Å²) in [6.45, 7) is 6.19. The maximum absolute atomic E-state index is 11.0. The topological polar surface area (TPSA) is 103 Å². The lowest BCUT2D eigenvalue weighted by atomic mass is 10.1. The van der Waals surface area contributed by atoms with Gasteiger partial charge < -0.3 is 21.5 Å². The number of amides is 1. The fourth-order valence-electron chi connectivity index (χ4n) is 1.41. The molecule has 1 aromatic rings. The molecule has 0 aliphatic heterocycles. The molecule has 1 amide bonds. The van der Waals surface area contributed by atoms with Crippen LogP contribution in [0.1, 0.15) is 30.8 Å². The number of primary amides is 1. The van der Waals surface area contributed by atoms with Crippen LogP contribution in [0.25, 0.3) is 0 Å². The van der Waals surface area contributed by atoms with E-state index in [1.165, 1.54) is 6.07 Å². The zero-order chi connectivity index (χ0) is 14.3. The largest absolute Gasteiger partial charge is 0.396 e. The fourth-order valence-corrected chi connectivity index (χ4v) is 1.41. The van der Waals surface area contributed by atoms with Crippen LogP contribution in [0.5, 0.6) is 0 Å². The van der Waals surface area contributed by atoms with Crippen LogP contribution in [0.2, 0.25) is 0 Å². The third-order valence-corrected chi connectivity index (χ3v) is 2.56. The van der Waals surface area contributed by atoms with Gasteiger partial charge in [-0.2, -0.15) is 0 Å². The van der Waals surface area contributed by atoms with Gasteiger partial charge >= 0.3 is 0 Å². The Morgan fingerprint density at radius 2 is 2.16 bits per heavy atom. The molecule has 0 aliphatic carbocycles. The van der Waals surface area contributed by atoms with E-state index in [0.29, 0.717) is 30.6 Å². The number of carbonyl (C=O) groups excluding carboxylic acids is 1. The van der Waals surface area contributed by atoms with E-state index in [0.717, 1.165) is 13.0 Å². The van der Waals surface area contributed by atoms with Crippen molar-refractivity contribution in [3.8, 4) is 0 Å². The van der Waals surface area contributed by atoms with Crippen LogP contribution in [0.3, 0.4) is 0 Å². The van der Waals surface area contributed by atoms with Gasteiger partial charge in [0.2, 0.25) is 0 Å². The summed E-state index contributed by atoms with van der Waals surface area (Å²) in [5.74, 6) is 0.525. The molecular weight excluding hydrogens is 244 g/mol. The first-order valence-corrected chi connectivity index (χ1v) is 6.38. The minimum Gasteiger partial charge on any atom is -0.396 e. The van der Waals surface area contributed by atoms with Crippen LogP contribution in [0.4, 0.5) is 11.5 Å². The number of anilines is 2. The van der Waals surface area contributed by atoms with Crippen molar-refractivity contribution in [1.29, 1.82) is 0 Å². The van der Waals surface area contributed by atoms with Crippen LogP contribution in [-0.4, -0.2) is 30.6 Å². The van der Waals surface area contributed by atoms with Gasteiger partial charge in [-0.15, -0.1) is 0 Å². The summed E-state index contributed by atoms with van der Waals surface area (Å²) in [6.07, 6.45) is 1.04. The highest BCUT2D eigenvalue weighted by molar-refractivity contribution is 5.91. The minimum absolute atomic E-state index is 0.192. The number of hydrogen-bond donors (Lipinski definition) is 3. The highest BCUT2D eigenvalue weighted by atomic mass is 16.5. The molecule has 0 radical (unpaired) electrons. The number of hydrogen-bond acceptors (Lipinski definition) is 5. The molecule has 1 heterocycles. The van der Waals surface area contributed by atoms with Crippen molar-refractivity contribution in [3.63, 3.8) is 0 Å². The van der Waals surface area contributed by atoms with Gasteiger partial charge in [-0.25, -0.2) is 4.98 Å². The lowest BCUT2D eigenvalue weighted by Gasteiger charge is -2.10. The van der Waals surface area contributed by atoms with Crippen molar-refractivity contribution in [2.75, 3.05) is 30.8 Å². The zero-order valence-corrected chi connectivity index (χ0v) is 11.5. The fraction of sp³-hybridized carbons (Fsp3) is 0.538. The van der Waals surface area contributed by atoms with Gasteiger partial charge in [0, 0.05) is 13.2 Å². The van der Waals surface area contributed by atoms with E-state index in [1.54, 1.807) is 6.07 Å². The summed E-state index contributed by atoms with van der Waals surface area (Å²) < 4.78 is 5.46. The number of nitrogens with one attached hydrogen (secondary N) is 1. The van der Waals surface area contributed by atoms with Crippen molar-refractivity contribution in [3.05, 3.63) is 17.8 Å². The van der Waals surface area contributed by atoms with Gasteiger partial charge in [0.15, 0.2) is 0 Å². The van der Waals surface area contributed by atoms with Crippen molar-refractivity contribution in [2.45, 2.75) is 20.3 Å². The summed E-state index contributed by atoms with van der Waals surface area (Å²) in [6, 6.07) is 3.11. The molecule has 0 aliphatic rings. The van der Waals surface area contributed by atoms with Crippen LogP contribution >= 0.6 is 0 Å². The Hall–Kier alpha value is -1.82. The van der Waals surface area contributed by atoms with E-state index < -0.39 is 5.91 Å². The molecule has 0 spiro atoms. The summed E-state index contributed by atoms with van der Waals surface area (Å²) >= 11 is 0. The number of pyridine rings is 1. The molecule has 106 valence electrons. The summed E-state index contributed by atoms with van der Waals surface area (Å²) in [5, 5.41) is 3.03. The smallest absolute Gasteiger partial charge is 0.267 e. The van der Waals surface area contributed by atoms with Crippen molar-refractivity contribution in [1.82, 2.24) is 4.98 Å². The summed E-state index contributed by atoms with van der Waals surface area (Å²) in [7, 11) is 0. The minimum atomic E-state index is -0.573. The number of nitrogens with two attached hydrogens (primary N) is 2. The number of nitrogen functional groups attached to an aromatic ring is 1. The highest BCUT2D eigenvalue weighted by Gasteiger charge is 2.06. The van der Waals surface area contributed by atoms with Gasteiger partial charge in [-0.3, -0.25) is 4.79 Å². The molecule has 0 bridgehead atoms. The van der Waals surface area contributed by atoms with E-state index in [9.17, 15) is 4.79 Å². The molecule has 1 aromatic heterocycles. The molecule has 6 nitrogen and oxygen atoms in total. The average molecular weight is 266 g/mol. The maximum Gasteiger partial charge on any atom is 0.267 e. The molecule has 0 fully saturated rings. The van der Waals surface area contributed by atoms with Crippen LogP contribution in [-0.2, 0) is 4.74 Å². The highest BCUT2D eigenvalue weighted by Crippen LogP contribution is 2.15. The molecule has 6 heteroatoms. The monoisotopic (exact) mass is 266 g/mol. The number of rotatable bonds is 8. The average Bonchev–Trinajstić information content (AvgIpc) is 2.34. The summed E-state index contributed by atoms with van der Waals surface area (Å²) in [4.78, 5) is 15.1. The zero-order valence-electron chi connectivity index (χ0n) is 11.5. The van der Waals surface area contributed by atoms with Crippen molar-refractivity contribution >= 4 is 17.4 Å². The van der Waals surface area contributed by atoms with Gasteiger partial charge in [-0.05, 0) is 24.5 Å². The second kappa shape index (κ2) is 7.58. The van der Waals surface area contributed by atoms with Crippen molar-refractivity contribution < 1.29 is 9.53 Å². The second-order valence-corrected chi connectivity index (χ2v) is 4.72. The van der Waals surface area contributed by atoms with Crippen LogP contribution in [0, 0.1) is 5.92 Å². The Labute approximate surface area is 113 Å². The first-order valence-electron chi connectivity index (χ1n) is 6.38. The third-order valence-electron chi connectivity index (χ3n) is 2.56. The molecule has 0 saturated carbocycles. The lowest BCUT2D eigenvalue weighted by Crippen LogP contribution is -2.17. The van der Waals surface area contributed by atoms with Gasteiger partial charge in [0.25, 0.3) is 5.91 Å². The number of aromatic nitrogens is 1. The Morgan fingerprint density at radius 1 is 1.42 bits per heavy atom. The first-order chi connectivity index (χ1) is 9.00. The molecular formula is C13H22N4O2. The standard InChI is InChI=1S/C13H22N4O2/c1-9(2)5-7-19-8-6-16-13-10(14)3-4-11(17-13)12(15)18/h3-4,9H,5-8,14H2,1-2H3,(H2,15,18)(H,16,17). The first kappa shape index (κ1) is 15.2. The predicted molar refractivity (Wildman–Crippen MR) is 75.9 cm³/mol. The van der Waals surface area contributed by atoms with E-state index in [1.807, 2.05) is 0 Å². The molecule has 0 atom stereocenters. The van der Waals surface area contributed by atoms with Gasteiger partial charge in [0.1, 0.15) is 11.5 Å². The second-order valence-electron chi connectivity index (χ2n) is 4.72. The number of nitrogens with zero attached hydrogens (tertiary/aromatic N) is 1. The number of carbonyl (C=O) groups is 1. The Balaban J connectivity index is 2.36. The quantitative estimate of drug-likeness (QED) is 0.614. The van der Waals surface area contributed by atoms with E-state index >= 15 is 0 Å². The molecule has 0 saturated heterocycles. The van der Waals surface area contributed by atoms with E-state index in [4.69, 9.17) is 16.2 Å². The Kier molecular flexibility index (Phi) is 6.08. The Bertz CT molecular complexity index is 421. The SMILES string of the molecule is CC(C)CCOCCNc1nc(C(N)=O)ccc1N. The van der Waals surface area contributed by atoms with E-state index in [2.05, 4.69) is 24.1 Å². The molecule has 1 rings (SSSR count). The van der Waals surface area contributed by atoms with Crippen molar-refractivity contribution in [2.24, 2.45) is 11.7 Å². The van der Waals surface area contributed by atoms with Gasteiger partial charge in [0.05, 0.1) is 12.3 Å². The molecule has 19 heavy (non-hydrogen) atoms. The maximum atomic E-state index is 11.0. The molecule has 0 unspecified atom stereocenters. The third kappa shape index (κ3) is 5.56. The predicted octanol–water partition coefficient (Wildman–Crippen LogP) is 1.24. The van der Waals surface area contributed by atoms with E-state index in [-0.39, 0.29) is 5.69 Å². The summed E-state index contributed by atoms with van der Waals surface area (Å²) in [5.41, 5.74) is 11.6. The Morgan fingerprint density at radius 3 is 2.79 bits per heavy atom. The van der Waals surface area contributed by atoms with Gasteiger partial charge in [-0.1, -0.05) is 13.8 Å². The lowest BCUT2D eigenvalue weighted by molar-refractivity contribution is 0.0996.